The maximum absolute atomic E-state index is 7.47. The molecule has 4 heteroatoms. The number of pyridine rings is 1. The Labute approximate surface area is 115 Å². The second kappa shape index (κ2) is 7.77. The van der Waals surface area contributed by atoms with Gasteiger partial charge < -0.3 is 10.5 Å². The van der Waals surface area contributed by atoms with Crippen molar-refractivity contribution in [3.05, 3.63) is 23.4 Å². The lowest BCUT2D eigenvalue weighted by Crippen LogP contribution is -2.14. The van der Waals surface area contributed by atoms with Crippen molar-refractivity contribution in [3.8, 4) is 5.88 Å². The molecule has 0 aliphatic rings. The molecule has 0 aliphatic carbocycles. The first-order chi connectivity index (χ1) is 9.06. The second-order valence-corrected chi connectivity index (χ2v) is 4.98. The normalized spacial score (nSPS) is 12.2. The van der Waals surface area contributed by atoms with Gasteiger partial charge in [-0.05, 0) is 25.3 Å². The molecule has 1 heterocycles. The summed E-state index contributed by atoms with van der Waals surface area (Å²) in [5.41, 5.74) is 6.99. The maximum Gasteiger partial charge on any atom is 0.214 e. The largest absolute Gasteiger partial charge is 0.477 e. The highest BCUT2D eigenvalue weighted by atomic mass is 16.5. The Morgan fingerprint density at radius 1 is 1.42 bits per heavy atom. The fourth-order valence-corrected chi connectivity index (χ4v) is 1.97. The van der Waals surface area contributed by atoms with Crippen LogP contribution < -0.4 is 10.5 Å². The lowest BCUT2D eigenvalue weighted by Gasteiger charge is -2.15. The average Bonchev–Trinajstić information content (AvgIpc) is 2.38. The third-order valence-corrected chi connectivity index (χ3v) is 3.25. The SMILES string of the molecule is CCCCC(CC)COc1cc(C(=N)N)cc(C)n1. The number of hydrogen-bond donors (Lipinski definition) is 2. The van der Waals surface area contributed by atoms with Gasteiger partial charge in [-0.3, -0.25) is 5.41 Å². The molecule has 1 atom stereocenters. The van der Waals surface area contributed by atoms with Gasteiger partial charge in [0.2, 0.25) is 5.88 Å². The summed E-state index contributed by atoms with van der Waals surface area (Å²) in [4.78, 5) is 4.33. The average molecular weight is 263 g/mol. The van der Waals surface area contributed by atoms with Crippen LogP contribution in [0.25, 0.3) is 0 Å². The molecule has 1 aromatic rings. The van der Waals surface area contributed by atoms with E-state index in [2.05, 4.69) is 18.8 Å². The highest BCUT2D eigenvalue weighted by Gasteiger charge is 2.09. The van der Waals surface area contributed by atoms with Gasteiger partial charge in [0.1, 0.15) is 5.84 Å². The first-order valence-corrected chi connectivity index (χ1v) is 7.02. The van der Waals surface area contributed by atoms with Gasteiger partial charge >= 0.3 is 0 Å². The van der Waals surface area contributed by atoms with Crippen LogP contribution in [0.4, 0.5) is 0 Å². The maximum atomic E-state index is 7.47. The fraction of sp³-hybridized carbons (Fsp3) is 0.600. The number of nitrogens with two attached hydrogens (primary N) is 1. The van der Waals surface area contributed by atoms with E-state index < -0.39 is 0 Å². The molecule has 0 amide bonds. The van der Waals surface area contributed by atoms with Crippen molar-refractivity contribution in [1.29, 1.82) is 5.41 Å². The molecule has 0 spiro atoms. The van der Waals surface area contributed by atoms with Crippen molar-refractivity contribution in [2.75, 3.05) is 6.61 Å². The Balaban J connectivity index is 2.63. The molecule has 1 unspecified atom stereocenters. The number of unbranched alkanes of at least 4 members (excludes halogenated alkanes) is 1. The van der Waals surface area contributed by atoms with E-state index in [0.29, 0.717) is 24.0 Å². The summed E-state index contributed by atoms with van der Waals surface area (Å²) in [6, 6.07) is 3.53. The minimum atomic E-state index is 0.0494. The molecule has 1 rings (SSSR count). The first kappa shape index (κ1) is 15.5. The van der Waals surface area contributed by atoms with Crippen molar-refractivity contribution >= 4 is 5.84 Å². The van der Waals surface area contributed by atoms with Crippen LogP contribution >= 0.6 is 0 Å². The van der Waals surface area contributed by atoms with Crippen LogP contribution in [-0.2, 0) is 0 Å². The summed E-state index contributed by atoms with van der Waals surface area (Å²) in [5, 5.41) is 7.47. The van der Waals surface area contributed by atoms with Crippen LogP contribution in [0.3, 0.4) is 0 Å². The molecule has 0 radical (unpaired) electrons. The van der Waals surface area contributed by atoms with E-state index in [4.69, 9.17) is 15.9 Å². The Kier molecular flexibility index (Phi) is 6.33. The van der Waals surface area contributed by atoms with Gasteiger partial charge in [0.25, 0.3) is 0 Å². The number of nitrogens with zero attached hydrogens (tertiary/aromatic N) is 1. The molecule has 0 saturated heterocycles. The van der Waals surface area contributed by atoms with Gasteiger partial charge in [0.05, 0.1) is 6.61 Å². The summed E-state index contributed by atoms with van der Waals surface area (Å²) < 4.78 is 5.76. The molecule has 106 valence electrons. The van der Waals surface area contributed by atoms with Gasteiger partial charge in [0.15, 0.2) is 0 Å². The number of amidine groups is 1. The monoisotopic (exact) mass is 263 g/mol. The van der Waals surface area contributed by atoms with Crippen LogP contribution in [0.1, 0.15) is 50.8 Å². The predicted octanol–water partition coefficient (Wildman–Crippen LogP) is 3.27. The van der Waals surface area contributed by atoms with Gasteiger partial charge in [0, 0.05) is 17.3 Å². The summed E-state index contributed by atoms with van der Waals surface area (Å²) in [5.74, 6) is 1.19. The van der Waals surface area contributed by atoms with Crippen LogP contribution in [0, 0.1) is 18.3 Å². The van der Waals surface area contributed by atoms with E-state index in [0.717, 1.165) is 12.1 Å². The van der Waals surface area contributed by atoms with Crippen LogP contribution in [0.2, 0.25) is 0 Å². The standard InChI is InChI=1S/C15H25N3O/c1-4-6-7-12(5-2)10-19-14-9-13(15(16)17)8-11(3)18-14/h8-9,12H,4-7,10H2,1-3H3,(H3,16,17). The minimum absolute atomic E-state index is 0.0494. The Bertz CT molecular complexity index is 418. The van der Waals surface area contributed by atoms with Crippen molar-refractivity contribution in [2.45, 2.75) is 46.5 Å². The van der Waals surface area contributed by atoms with E-state index in [1.165, 1.54) is 19.3 Å². The zero-order valence-electron chi connectivity index (χ0n) is 12.2. The Hall–Kier alpha value is -1.58. The van der Waals surface area contributed by atoms with Crippen LogP contribution in [-0.4, -0.2) is 17.4 Å². The van der Waals surface area contributed by atoms with Gasteiger partial charge in [-0.1, -0.05) is 33.1 Å². The van der Waals surface area contributed by atoms with Crippen molar-refractivity contribution < 1.29 is 4.74 Å². The predicted molar refractivity (Wildman–Crippen MR) is 78.8 cm³/mol. The van der Waals surface area contributed by atoms with Crippen molar-refractivity contribution in [1.82, 2.24) is 4.98 Å². The van der Waals surface area contributed by atoms with Gasteiger partial charge in [-0.2, -0.15) is 0 Å². The van der Waals surface area contributed by atoms with E-state index in [1.807, 2.05) is 6.92 Å². The number of aromatic nitrogens is 1. The number of nitrogens with one attached hydrogen (secondary N) is 1. The summed E-state index contributed by atoms with van der Waals surface area (Å²) in [6.07, 6.45) is 4.76. The fourth-order valence-electron chi connectivity index (χ4n) is 1.97. The summed E-state index contributed by atoms with van der Waals surface area (Å²) >= 11 is 0. The molecule has 1 aromatic heterocycles. The molecule has 0 saturated carbocycles. The third-order valence-electron chi connectivity index (χ3n) is 3.25. The lowest BCUT2D eigenvalue weighted by molar-refractivity contribution is 0.225. The highest BCUT2D eigenvalue weighted by molar-refractivity contribution is 5.95. The number of hydrogen-bond acceptors (Lipinski definition) is 3. The lowest BCUT2D eigenvalue weighted by atomic mass is 10.0. The molecule has 4 nitrogen and oxygen atoms in total. The minimum Gasteiger partial charge on any atom is -0.477 e. The first-order valence-electron chi connectivity index (χ1n) is 7.02. The molecule has 0 aromatic carbocycles. The van der Waals surface area contributed by atoms with E-state index >= 15 is 0 Å². The quantitative estimate of drug-likeness (QED) is 0.558. The van der Waals surface area contributed by atoms with Gasteiger partial charge in [-0.15, -0.1) is 0 Å². The summed E-state index contributed by atoms with van der Waals surface area (Å²) in [7, 11) is 0. The Morgan fingerprint density at radius 2 is 2.16 bits per heavy atom. The zero-order chi connectivity index (χ0) is 14.3. The second-order valence-electron chi connectivity index (χ2n) is 4.98. The molecule has 3 N–H and O–H groups in total. The van der Waals surface area contributed by atoms with E-state index in [1.54, 1.807) is 12.1 Å². The molecule has 0 fully saturated rings. The Morgan fingerprint density at radius 3 is 2.74 bits per heavy atom. The molecular weight excluding hydrogens is 238 g/mol. The van der Waals surface area contributed by atoms with E-state index in [9.17, 15) is 0 Å². The van der Waals surface area contributed by atoms with Gasteiger partial charge in [-0.25, -0.2) is 4.98 Å². The number of nitrogen functional groups attached to an aromatic ring is 1. The third kappa shape index (κ3) is 5.28. The molecule has 0 bridgehead atoms. The molecule has 0 aliphatic heterocycles. The molecular formula is C15H25N3O. The van der Waals surface area contributed by atoms with Crippen LogP contribution in [0.15, 0.2) is 12.1 Å². The van der Waals surface area contributed by atoms with Crippen molar-refractivity contribution in [3.63, 3.8) is 0 Å². The topological polar surface area (TPSA) is 72.0 Å². The number of rotatable bonds is 8. The number of aryl methyl sites for hydroxylation is 1. The molecule has 19 heavy (non-hydrogen) atoms. The van der Waals surface area contributed by atoms with Crippen molar-refractivity contribution in [2.24, 2.45) is 11.7 Å². The highest BCUT2D eigenvalue weighted by Crippen LogP contribution is 2.17. The number of ether oxygens (including phenoxy) is 1. The van der Waals surface area contributed by atoms with Crippen LogP contribution in [0.5, 0.6) is 5.88 Å². The van der Waals surface area contributed by atoms with E-state index in [-0.39, 0.29) is 5.84 Å². The summed E-state index contributed by atoms with van der Waals surface area (Å²) in [6.45, 7) is 6.96. The smallest absolute Gasteiger partial charge is 0.214 e. The zero-order valence-corrected chi connectivity index (χ0v) is 12.2.